The summed E-state index contributed by atoms with van der Waals surface area (Å²) < 4.78 is 0. The number of rotatable bonds is 6. The summed E-state index contributed by atoms with van der Waals surface area (Å²) in [7, 11) is 1.82. The third-order valence-electron chi connectivity index (χ3n) is 5.47. The molecule has 1 aliphatic rings. The number of nitrogens with zero attached hydrogens (tertiary/aromatic N) is 5. The summed E-state index contributed by atoms with van der Waals surface area (Å²) >= 11 is 0. The van der Waals surface area contributed by atoms with Crippen molar-refractivity contribution >= 4 is 17.7 Å². The second-order valence-corrected chi connectivity index (χ2v) is 7.24. The average Bonchev–Trinajstić information content (AvgIpc) is 2.81. The number of carbonyl (C=O) groups is 1. The van der Waals surface area contributed by atoms with Crippen LogP contribution in [0.1, 0.15) is 29.8 Å². The van der Waals surface area contributed by atoms with Crippen LogP contribution in [-0.4, -0.2) is 73.0 Å². The Bertz CT molecular complexity index is 825. The number of nitrogens with one attached hydrogen (secondary N) is 1. The van der Waals surface area contributed by atoms with Crippen molar-refractivity contribution < 1.29 is 4.79 Å². The minimum atomic E-state index is 0.0843. The second kappa shape index (κ2) is 10.6. The van der Waals surface area contributed by atoms with E-state index in [4.69, 9.17) is 0 Å². The molecule has 7 nitrogen and oxygen atoms in total. The molecule has 1 amide bonds. The van der Waals surface area contributed by atoms with Crippen molar-refractivity contribution in [3.05, 3.63) is 59.8 Å². The first-order valence-corrected chi connectivity index (χ1v) is 10.7. The molecule has 0 bridgehead atoms. The Balaban J connectivity index is 1.52. The number of aromatic nitrogens is 1. The van der Waals surface area contributed by atoms with E-state index in [9.17, 15) is 4.79 Å². The molecule has 1 aliphatic heterocycles. The largest absolute Gasteiger partial charge is 0.353 e. The van der Waals surface area contributed by atoms with Crippen LogP contribution in [0.15, 0.2) is 53.7 Å². The number of anilines is 1. The second-order valence-electron chi connectivity index (χ2n) is 7.24. The lowest BCUT2D eigenvalue weighted by Gasteiger charge is -2.37. The Labute approximate surface area is 179 Å². The number of hydrogen-bond acceptors (Lipinski definition) is 4. The highest BCUT2D eigenvalue weighted by Gasteiger charge is 2.20. The van der Waals surface area contributed by atoms with Gasteiger partial charge < -0.3 is 20.0 Å². The molecule has 1 aromatic carbocycles. The summed E-state index contributed by atoms with van der Waals surface area (Å²) in [5.41, 5.74) is 1.86. The van der Waals surface area contributed by atoms with Crippen LogP contribution in [0.4, 0.5) is 5.82 Å². The molecular formula is C23H32N6O. The quantitative estimate of drug-likeness (QED) is 0.588. The van der Waals surface area contributed by atoms with E-state index in [1.54, 1.807) is 0 Å². The molecule has 30 heavy (non-hydrogen) atoms. The molecule has 1 N–H and O–H groups in total. The molecule has 0 spiro atoms. The molecular weight excluding hydrogens is 376 g/mol. The highest BCUT2D eigenvalue weighted by molar-refractivity contribution is 5.94. The molecule has 1 fully saturated rings. The van der Waals surface area contributed by atoms with Crippen molar-refractivity contribution in [3.8, 4) is 0 Å². The molecule has 160 valence electrons. The maximum absolute atomic E-state index is 12.4. The minimum absolute atomic E-state index is 0.0843. The van der Waals surface area contributed by atoms with Gasteiger partial charge in [0, 0.05) is 64.6 Å². The molecule has 0 unspecified atom stereocenters. The maximum Gasteiger partial charge on any atom is 0.253 e. The Morgan fingerprint density at radius 1 is 1.07 bits per heavy atom. The molecule has 2 aromatic rings. The van der Waals surface area contributed by atoms with Crippen molar-refractivity contribution in [2.24, 2.45) is 4.99 Å². The van der Waals surface area contributed by atoms with Gasteiger partial charge in [-0.05, 0) is 43.7 Å². The van der Waals surface area contributed by atoms with Crippen LogP contribution in [0.5, 0.6) is 0 Å². The SMILES string of the molecule is CCN(CC)C(=O)c1ccc(CNC(=NC)N2CCN(c3ccccn3)CC2)cc1. The number of carbonyl (C=O) groups excluding carboxylic acids is 1. The van der Waals surface area contributed by atoms with E-state index < -0.39 is 0 Å². The average molecular weight is 409 g/mol. The number of amides is 1. The topological polar surface area (TPSA) is 64.1 Å². The molecule has 0 saturated carbocycles. The van der Waals surface area contributed by atoms with Gasteiger partial charge in [-0.25, -0.2) is 4.98 Å². The van der Waals surface area contributed by atoms with Gasteiger partial charge >= 0.3 is 0 Å². The van der Waals surface area contributed by atoms with Crippen molar-refractivity contribution in [1.82, 2.24) is 20.1 Å². The number of guanidine groups is 1. The van der Waals surface area contributed by atoms with Crippen LogP contribution >= 0.6 is 0 Å². The molecule has 3 rings (SSSR count). The Hall–Kier alpha value is -3.09. The zero-order chi connectivity index (χ0) is 21.3. The minimum Gasteiger partial charge on any atom is -0.353 e. The summed E-state index contributed by atoms with van der Waals surface area (Å²) in [6.45, 7) is 9.75. The van der Waals surface area contributed by atoms with Gasteiger partial charge in [0.05, 0.1) is 0 Å². The lowest BCUT2D eigenvalue weighted by Crippen LogP contribution is -2.52. The van der Waals surface area contributed by atoms with Crippen molar-refractivity contribution in [2.45, 2.75) is 20.4 Å². The number of aliphatic imine (C=N–C) groups is 1. The van der Waals surface area contributed by atoms with Gasteiger partial charge in [-0.3, -0.25) is 9.79 Å². The molecule has 1 saturated heterocycles. The van der Waals surface area contributed by atoms with Gasteiger partial charge in [-0.15, -0.1) is 0 Å². The monoisotopic (exact) mass is 408 g/mol. The molecule has 0 radical (unpaired) electrons. The smallest absolute Gasteiger partial charge is 0.253 e. The first kappa shape index (κ1) is 21.6. The van der Waals surface area contributed by atoms with E-state index in [-0.39, 0.29) is 5.91 Å². The third-order valence-corrected chi connectivity index (χ3v) is 5.47. The first-order chi connectivity index (χ1) is 14.7. The molecule has 1 aromatic heterocycles. The first-order valence-electron chi connectivity index (χ1n) is 10.7. The van der Waals surface area contributed by atoms with E-state index >= 15 is 0 Å². The van der Waals surface area contributed by atoms with E-state index in [0.29, 0.717) is 6.54 Å². The van der Waals surface area contributed by atoms with E-state index in [0.717, 1.165) is 62.2 Å². The predicted molar refractivity (Wildman–Crippen MR) is 122 cm³/mol. The molecule has 0 atom stereocenters. The Kier molecular flexibility index (Phi) is 7.65. The number of pyridine rings is 1. The van der Waals surface area contributed by atoms with Crippen LogP contribution < -0.4 is 10.2 Å². The van der Waals surface area contributed by atoms with Crippen molar-refractivity contribution in [1.29, 1.82) is 0 Å². The van der Waals surface area contributed by atoms with Gasteiger partial charge in [0.25, 0.3) is 5.91 Å². The van der Waals surface area contributed by atoms with Gasteiger partial charge in [0.1, 0.15) is 5.82 Å². The van der Waals surface area contributed by atoms with Crippen LogP contribution in [0.2, 0.25) is 0 Å². The van der Waals surface area contributed by atoms with Crippen LogP contribution in [-0.2, 0) is 6.54 Å². The number of piperazine rings is 1. The normalized spacial score (nSPS) is 14.6. The van der Waals surface area contributed by atoms with Gasteiger partial charge in [0.2, 0.25) is 0 Å². The lowest BCUT2D eigenvalue weighted by molar-refractivity contribution is 0.0773. The number of hydrogen-bond donors (Lipinski definition) is 1. The van der Waals surface area contributed by atoms with Crippen molar-refractivity contribution in [2.75, 3.05) is 51.2 Å². The summed E-state index contributed by atoms with van der Waals surface area (Å²) in [6.07, 6.45) is 1.84. The fourth-order valence-corrected chi connectivity index (χ4v) is 3.66. The standard InChI is InChI=1S/C23H32N6O/c1-4-27(5-2)22(30)20-11-9-19(10-12-20)18-26-23(24-3)29-16-14-28(15-17-29)21-8-6-7-13-25-21/h6-13H,4-5,14-18H2,1-3H3,(H,24,26). The highest BCUT2D eigenvalue weighted by atomic mass is 16.2. The fraction of sp³-hybridized carbons (Fsp3) is 0.435. The van der Waals surface area contributed by atoms with Gasteiger partial charge in [0.15, 0.2) is 5.96 Å². The molecule has 2 heterocycles. The zero-order valence-corrected chi connectivity index (χ0v) is 18.2. The summed E-state index contributed by atoms with van der Waals surface area (Å²) in [6, 6.07) is 13.9. The zero-order valence-electron chi connectivity index (χ0n) is 18.2. The predicted octanol–water partition coefficient (Wildman–Crippen LogP) is 2.46. The van der Waals surface area contributed by atoms with E-state index in [2.05, 4.69) is 31.2 Å². The Morgan fingerprint density at radius 3 is 2.33 bits per heavy atom. The third kappa shape index (κ3) is 5.28. The van der Waals surface area contributed by atoms with Gasteiger partial charge in [-0.1, -0.05) is 18.2 Å². The Morgan fingerprint density at radius 2 is 1.77 bits per heavy atom. The van der Waals surface area contributed by atoms with Crippen LogP contribution in [0.3, 0.4) is 0 Å². The summed E-state index contributed by atoms with van der Waals surface area (Å²) in [4.78, 5) is 27.7. The number of benzene rings is 1. The van der Waals surface area contributed by atoms with Crippen LogP contribution in [0.25, 0.3) is 0 Å². The summed E-state index contributed by atoms with van der Waals surface area (Å²) in [5, 5.41) is 3.45. The molecule has 7 heteroatoms. The fourth-order valence-electron chi connectivity index (χ4n) is 3.66. The lowest BCUT2D eigenvalue weighted by atomic mass is 10.1. The van der Waals surface area contributed by atoms with Gasteiger partial charge in [-0.2, -0.15) is 0 Å². The maximum atomic E-state index is 12.4. The molecule has 0 aliphatic carbocycles. The van der Waals surface area contributed by atoms with E-state index in [1.807, 2.05) is 68.4 Å². The summed E-state index contributed by atoms with van der Waals surface area (Å²) in [5.74, 6) is 2.01. The van der Waals surface area contributed by atoms with E-state index in [1.165, 1.54) is 0 Å². The van der Waals surface area contributed by atoms with Crippen LogP contribution in [0, 0.1) is 0 Å². The highest BCUT2D eigenvalue weighted by Crippen LogP contribution is 2.13. The van der Waals surface area contributed by atoms with Crippen molar-refractivity contribution in [3.63, 3.8) is 0 Å².